The number of rotatable bonds is 5. The van der Waals surface area contributed by atoms with Crippen LogP contribution in [-0.4, -0.2) is 21.2 Å². The Morgan fingerprint density at radius 1 is 1.21 bits per heavy atom. The molecular weight excluding hydrogens is 310 g/mol. The van der Waals surface area contributed by atoms with Crippen molar-refractivity contribution in [3.8, 4) is 11.5 Å². The summed E-state index contributed by atoms with van der Waals surface area (Å²) in [6, 6.07) is 7.13. The van der Waals surface area contributed by atoms with Crippen LogP contribution in [0.1, 0.15) is 22.5 Å². The SMILES string of the molecule is Cc1ccc(COc2ccc3c(CC(=O)O)coc3c2O)c(C)n1. The van der Waals surface area contributed by atoms with Crippen molar-refractivity contribution >= 4 is 16.9 Å². The highest BCUT2D eigenvalue weighted by molar-refractivity contribution is 5.90. The lowest BCUT2D eigenvalue weighted by Gasteiger charge is -2.10. The zero-order valence-corrected chi connectivity index (χ0v) is 13.4. The van der Waals surface area contributed by atoms with Crippen LogP contribution >= 0.6 is 0 Å². The third-order valence-corrected chi connectivity index (χ3v) is 3.82. The van der Waals surface area contributed by atoms with E-state index >= 15 is 0 Å². The van der Waals surface area contributed by atoms with E-state index in [1.165, 1.54) is 6.26 Å². The fourth-order valence-electron chi connectivity index (χ4n) is 2.56. The Morgan fingerprint density at radius 2 is 2.00 bits per heavy atom. The summed E-state index contributed by atoms with van der Waals surface area (Å²) in [5, 5.41) is 19.8. The van der Waals surface area contributed by atoms with Gasteiger partial charge in [-0.25, -0.2) is 0 Å². The number of aromatic nitrogens is 1. The second kappa shape index (κ2) is 6.23. The van der Waals surface area contributed by atoms with Crippen molar-refractivity contribution in [1.29, 1.82) is 0 Å². The maximum absolute atomic E-state index is 10.8. The van der Waals surface area contributed by atoms with E-state index in [4.69, 9.17) is 14.3 Å². The molecule has 1 aromatic carbocycles. The highest BCUT2D eigenvalue weighted by atomic mass is 16.5. The monoisotopic (exact) mass is 327 g/mol. The zero-order valence-electron chi connectivity index (χ0n) is 13.4. The van der Waals surface area contributed by atoms with Crippen molar-refractivity contribution in [3.63, 3.8) is 0 Å². The molecule has 0 radical (unpaired) electrons. The largest absolute Gasteiger partial charge is 0.502 e. The Bertz CT molecular complexity index is 913. The second-order valence-electron chi connectivity index (χ2n) is 5.61. The van der Waals surface area contributed by atoms with Crippen LogP contribution < -0.4 is 4.74 Å². The lowest BCUT2D eigenvalue weighted by Crippen LogP contribution is -2.01. The highest BCUT2D eigenvalue weighted by Gasteiger charge is 2.16. The summed E-state index contributed by atoms with van der Waals surface area (Å²) in [5.74, 6) is -0.819. The molecule has 0 spiro atoms. The first-order valence-corrected chi connectivity index (χ1v) is 7.45. The minimum atomic E-state index is -0.958. The van der Waals surface area contributed by atoms with Crippen LogP contribution in [0, 0.1) is 13.8 Å². The molecule has 0 fully saturated rings. The van der Waals surface area contributed by atoms with E-state index in [9.17, 15) is 9.90 Å². The Kier molecular flexibility index (Phi) is 4.12. The molecule has 2 heterocycles. The van der Waals surface area contributed by atoms with E-state index in [1.807, 2.05) is 26.0 Å². The molecule has 0 amide bonds. The average Bonchev–Trinajstić information content (AvgIpc) is 2.91. The molecule has 2 aromatic heterocycles. The summed E-state index contributed by atoms with van der Waals surface area (Å²) < 4.78 is 11.0. The number of fused-ring (bicyclic) bond motifs is 1. The first-order chi connectivity index (χ1) is 11.5. The number of benzene rings is 1. The van der Waals surface area contributed by atoms with Crippen molar-refractivity contribution in [2.75, 3.05) is 0 Å². The molecule has 0 saturated carbocycles. The Balaban J connectivity index is 1.85. The molecule has 2 N–H and O–H groups in total. The molecule has 6 heteroatoms. The lowest BCUT2D eigenvalue weighted by atomic mass is 10.1. The van der Waals surface area contributed by atoms with Crippen LogP contribution in [0.3, 0.4) is 0 Å². The van der Waals surface area contributed by atoms with E-state index in [-0.39, 0.29) is 30.1 Å². The summed E-state index contributed by atoms with van der Waals surface area (Å²) in [6.45, 7) is 4.09. The van der Waals surface area contributed by atoms with Gasteiger partial charge in [-0.1, -0.05) is 6.07 Å². The third-order valence-electron chi connectivity index (χ3n) is 3.82. The third kappa shape index (κ3) is 3.03. The van der Waals surface area contributed by atoms with Gasteiger partial charge in [0.25, 0.3) is 0 Å². The number of aryl methyl sites for hydroxylation is 2. The quantitative estimate of drug-likeness (QED) is 0.746. The van der Waals surface area contributed by atoms with E-state index < -0.39 is 5.97 Å². The zero-order chi connectivity index (χ0) is 17.3. The summed E-state index contributed by atoms with van der Waals surface area (Å²) in [5.41, 5.74) is 3.46. The number of ether oxygens (including phenoxy) is 1. The molecular formula is C18H17NO5. The summed E-state index contributed by atoms with van der Waals surface area (Å²) in [7, 11) is 0. The van der Waals surface area contributed by atoms with Gasteiger partial charge in [-0.3, -0.25) is 9.78 Å². The second-order valence-corrected chi connectivity index (χ2v) is 5.61. The molecule has 6 nitrogen and oxygen atoms in total. The topological polar surface area (TPSA) is 92.8 Å². The van der Waals surface area contributed by atoms with Crippen molar-refractivity contribution < 1.29 is 24.2 Å². The fraction of sp³-hybridized carbons (Fsp3) is 0.222. The Labute approximate surface area is 138 Å². The predicted octanol–water partition coefficient (Wildman–Crippen LogP) is 3.36. The maximum atomic E-state index is 10.8. The van der Waals surface area contributed by atoms with Gasteiger partial charge in [0.05, 0.1) is 12.7 Å². The summed E-state index contributed by atoms with van der Waals surface area (Å²) in [6.07, 6.45) is 1.18. The lowest BCUT2D eigenvalue weighted by molar-refractivity contribution is -0.136. The average molecular weight is 327 g/mol. The van der Waals surface area contributed by atoms with E-state index in [0.29, 0.717) is 10.9 Å². The van der Waals surface area contributed by atoms with Crippen molar-refractivity contribution in [2.24, 2.45) is 0 Å². The first-order valence-electron chi connectivity index (χ1n) is 7.45. The van der Waals surface area contributed by atoms with Gasteiger partial charge >= 0.3 is 5.97 Å². The molecule has 0 saturated heterocycles. The van der Waals surface area contributed by atoms with Crippen LogP contribution in [-0.2, 0) is 17.8 Å². The number of phenols is 1. The molecule has 3 aromatic rings. The van der Waals surface area contributed by atoms with Crippen LogP contribution in [0.2, 0.25) is 0 Å². The first kappa shape index (κ1) is 15.9. The van der Waals surface area contributed by atoms with Gasteiger partial charge in [0.2, 0.25) is 5.75 Å². The van der Waals surface area contributed by atoms with Gasteiger partial charge < -0.3 is 19.4 Å². The van der Waals surface area contributed by atoms with Gasteiger partial charge in [-0.15, -0.1) is 0 Å². The van der Waals surface area contributed by atoms with Gasteiger partial charge in [0.1, 0.15) is 6.61 Å². The van der Waals surface area contributed by atoms with Crippen LogP contribution in [0.25, 0.3) is 11.0 Å². The van der Waals surface area contributed by atoms with Gasteiger partial charge in [0, 0.05) is 27.9 Å². The minimum Gasteiger partial charge on any atom is -0.502 e. The molecule has 24 heavy (non-hydrogen) atoms. The number of hydrogen-bond acceptors (Lipinski definition) is 5. The molecule has 0 atom stereocenters. The minimum absolute atomic E-state index is 0.137. The molecule has 3 rings (SSSR count). The fourth-order valence-corrected chi connectivity index (χ4v) is 2.56. The molecule has 0 aliphatic rings. The number of carbonyl (C=O) groups is 1. The number of pyridine rings is 1. The van der Waals surface area contributed by atoms with Crippen molar-refractivity contribution in [2.45, 2.75) is 26.9 Å². The standard InChI is InChI=1S/C18H17NO5/c1-10-3-4-12(11(2)19-10)8-23-15-6-5-14-13(7-16(20)21)9-24-18(14)17(15)22/h3-6,9,22H,7-8H2,1-2H3,(H,20,21). The number of furan rings is 1. The number of hydrogen-bond donors (Lipinski definition) is 2. The normalized spacial score (nSPS) is 10.9. The number of aromatic hydroxyl groups is 1. The summed E-state index contributed by atoms with van der Waals surface area (Å²) >= 11 is 0. The number of carboxylic acids is 1. The predicted molar refractivity (Wildman–Crippen MR) is 87.3 cm³/mol. The van der Waals surface area contributed by atoms with Gasteiger partial charge in [-0.05, 0) is 32.0 Å². The molecule has 0 aliphatic heterocycles. The maximum Gasteiger partial charge on any atom is 0.307 e. The van der Waals surface area contributed by atoms with Crippen molar-refractivity contribution in [3.05, 3.63) is 53.0 Å². The smallest absolute Gasteiger partial charge is 0.307 e. The van der Waals surface area contributed by atoms with Crippen LogP contribution in [0.15, 0.2) is 34.9 Å². The van der Waals surface area contributed by atoms with E-state index in [0.717, 1.165) is 17.0 Å². The Morgan fingerprint density at radius 3 is 2.71 bits per heavy atom. The molecule has 0 aliphatic carbocycles. The number of nitrogens with zero attached hydrogens (tertiary/aromatic N) is 1. The van der Waals surface area contributed by atoms with Crippen molar-refractivity contribution in [1.82, 2.24) is 4.98 Å². The van der Waals surface area contributed by atoms with Gasteiger partial charge in [0.15, 0.2) is 11.3 Å². The molecule has 0 unspecified atom stereocenters. The Hall–Kier alpha value is -3.02. The van der Waals surface area contributed by atoms with Gasteiger partial charge in [-0.2, -0.15) is 0 Å². The number of phenolic OH excluding ortho intramolecular Hbond substituents is 1. The van der Waals surface area contributed by atoms with Crippen LogP contribution in [0.5, 0.6) is 11.5 Å². The van der Waals surface area contributed by atoms with E-state index in [2.05, 4.69) is 4.98 Å². The number of aliphatic carboxylic acids is 1. The number of carboxylic acid groups (broad SMARTS) is 1. The summed E-state index contributed by atoms with van der Waals surface area (Å²) in [4.78, 5) is 15.2. The van der Waals surface area contributed by atoms with E-state index in [1.54, 1.807) is 12.1 Å². The molecule has 0 bridgehead atoms. The molecule has 124 valence electrons. The van der Waals surface area contributed by atoms with Crippen LogP contribution in [0.4, 0.5) is 0 Å². The highest BCUT2D eigenvalue weighted by Crippen LogP contribution is 2.37.